The molecule has 0 saturated carbocycles. The summed E-state index contributed by atoms with van der Waals surface area (Å²) in [5.74, 6) is 0. The molecule has 2 aliphatic carbocycles. The first-order valence-corrected chi connectivity index (χ1v) is 19.9. The highest BCUT2D eigenvalue weighted by atomic mass is 16.3. The van der Waals surface area contributed by atoms with Gasteiger partial charge in [0.25, 0.3) is 0 Å². The van der Waals surface area contributed by atoms with Gasteiger partial charge in [-0.1, -0.05) is 140 Å². The number of benzene rings is 9. The van der Waals surface area contributed by atoms with Crippen LogP contribution in [0.1, 0.15) is 22.3 Å². The predicted octanol–water partition coefficient (Wildman–Crippen LogP) is 15.0. The van der Waals surface area contributed by atoms with Crippen LogP contribution in [0.15, 0.2) is 209 Å². The number of para-hydroxylation sites is 2. The fourth-order valence-electron chi connectivity index (χ4n) is 10.4. The Balaban J connectivity index is 1.03. The average Bonchev–Trinajstić information content (AvgIpc) is 4.02. The Labute approximate surface area is 334 Å². The zero-order chi connectivity index (χ0) is 38.0. The zero-order valence-electron chi connectivity index (χ0n) is 31.3. The average molecular weight is 740 g/mol. The van der Waals surface area contributed by atoms with Crippen LogP contribution in [-0.2, 0) is 5.41 Å². The maximum absolute atomic E-state index is 6.58. The van der Waals surface area contributed by atoms with Crippen molar-refractivity contribution >= 4 is 60.9 Å². The van der Waals surface area contributed by atoms with E-state index in [1.165, 1.54) is 44.5 Å². The number of rotatable bonds is 4. The van der Waals surface area contributed by atoms with E-state index in [4.69, 9.17) is 8.83 Å². The van der Waals surface area contributed by atoms with Crippen LogP contribution in [0.5, 0.6) is 0 Å². The summed E-state index contributed by atoms with van der Waals surface area (Å²) in [4.78, 5) is 2.40. The van der Waals surface area contributed by atoms with Crippen molar-refractivity contribution < 1.29 is 8.83 Å². The first-order valence-electron chi connectivity index (χ1n) is 19.9. The third-order valence-corrected chi connectivity index (χ3v) is 12.7. The molecule has 2 heterocycles. The van der Waals surface area contributed by atoms with Crippen molar-refractivity contribution in [2.45, 2.75) is 5.41 Å². The maximum atomic E-state index is 6.58. The Morgan fingerprint density at radius 3 is 1.66 bits per heavy atom. The summed E-state index contributed by atoms with van der Waals surface area (Å²) in [6, 6.07) is 72.5. The Bertz CT molecular complexity index is 3420. The summed E-state index contributed by atoms with van der Waals surface area (Å²) in [6.45, 7) is 0. The minimum atomic E-state index is -0.431. The third-order valence-electron chi connectivity index (χ3n) is 12.7. The molecule has 11 aromatic rings. The maximum Gasteiger partial charge on any atom is 0.147 e. The Kier molecular flexibility index (Phi) is 6.37. The largest absolute Gasteiger partial charge is 0.456 e. The smallest absolute Gasteiger partial charge is 0.147 e. The quantitative estimate of drug-likeness (QED) is 0.180. The summed E-state index contributed by atoms with van der Waals surface area (Å²) in [5, 5.41) is 4.26. The number of anilines is 3. The van der Waals surface area contributed by atoms with E-state index in [1.54, 1.807) is 0 Å². The van der Waals surface area contributed by atoms with Crippen molar-refractivity contribution in [1.82, 2.24) is 0 Å². The molecule has 2 aromatic heterocycles. The lowest BCUT2D eigenvalue weighted by Crippen LogP contribution is -2.26. The molecule has 13 rings (SSSR count). The van der Waals surface area contributed by atoms with Gasteiger partial charge in [0, 0.05) is 33.2 Å². The van der Waals surface area contributed by atoms with Gasteiger partial charge < -0.3 is 13.7 Å². The molecule has 1 spiro atoms. The van der Waals surface area contributed by atoms with Crippen LogP contribution in [0, 0.1) is 0 Å². The molecule has 0 amide bonds. The first-order chi connectivity index (χ1) is 28.8. The van der Waals surface area contributed by atoms with Gasteiger partial charge in [-0.05, 0) is 116 Å². The number of furan rings is 2. The molecule has 2 aliphatic rings. The van der Waals surface area contributed by atoms with E-state index >= 15 is 0 Å². The summed E-state index contributed by atoms with van der Waals surface area (Å²) in [7, 11) is 0. The predicted molar refractivity (Wildman–Crippen MR) is 237 cm³/mol. The van der Waals surface area contributed by atoms with E-state index < -0.39 is 5.41 Å². The van der Waals surface area contributed by atoms with E-state index in [0.29, 0.717) is 0 Å². The van der Waals surface area contributed by atoms with Gasteiger partial charge in [0.1, 0.15) is 22.3 Å². The number of hydrogen-bond acceptors (Lipinski definition) is 3. The fraction of sp³-hybridized carbons (Fsp3) is 0.0182. The lowest BCUT2D eigenvalue weighted by Gasteiger charge is -2.32. The van der Waals surface area contributed by atoms with Crippen LogP contribution in [0.3, 0.4) is 0 Å². The molecule has 0 aliphatic heterocycles. The van der Waals surface area contributed by atoms with Crippen molar-refractivity contribution in [2.75, 3.05) is 4.90 Å². The molecule has 0 bridgehead atoms. The van der Waals surface area contributed by atoms with Gasteiger partial charge in [0.05, 0.1) is 10.8 Å². The Morgan fingerprint density at radius 2 is 0.897 bits per heavy atom. The Morgan fingerprint density at radius 1 is 0.328 bits per heavy atom. The molecule has 0 atom stereocenters. The summed E-state index contributed by atoms with van der Waals surface area (Å²) in [6.07, 6.45) is 0. The second-order valence-corrected chi connectivity index (χ2v) is 15.5. The summed E-state index contributed by atoms with van der Waals surface area (Å²) < 4.78 is 13.1. The lowest BCUT2D eigenvalue weighted by atomic mass is 9.70. The van der Waals surface area contributed by atoms with E-state index in [-0.39, 0.29) is 0 Å². The molecule has 3 nitrogen and oxygen atoms in total. The zero-order valence-corrected chi connectivity index (χ0v) is 31.3. The van der Waals surface area contributed by atoms with Gasteiger partial charge in [0.15, 0.2) is 0 Å². The minimum absolute atomic E-state index is 0.431. The molecule has 0 unspecified atom stereocenters. The van der Waals surface area contributed by atoms with Crippen LogP contribution in [0.4, 0.5) is 17.1 Å². The summed E-state index contributed by atoms with van der Waals surface area (Å²) >= 11 is 0. The van der Waals surface area contributed by atoms with Gasteiger partial charge in [-0.2, -0.15) is 0 Å². The molecule has 0 N–H and O–H groups in total. The van der Waals surface area contributed by atoms with Crippen molar-refractivity contribution in [3.63, 3.8) is 0 Å². The van der Waals surface area contributed by atoms with Crippen LogP contribution in [0.2, 0.25) is 0 Å². The third kappa shape index (κ3) is 4.12. The molecule has 58 heavy (non-hydrogen) atoms. The van der Waals surface area contributed by atoms with E-state index in [9.17, 15) is 0 Å². The van der Waals surface area contributed by atoms with Crippen LogP contribution >= 0.6 is 0 Å². The molecule has 9 aromatic carbocycles. The first kappa shape index (κ1) is 31.6. The monoisotopic (exact) mass is 739 g/mol. The van der Waals surface area contributed by atoms with E-state index in [0.717, 1.165) is 72.1 Å². The molecular weight excluding hydrogens is 707 g/mol. The highest BCUT2D eigenvalue weighted by Gasteiger charge is 2.51. The topological polar surface area (TPSA) is 29.5 Å². The molecule has 270 valence electrons. The SMILES string of the molecule is c1ccc(N(c2cccc(-c3cccc4oc5ccc6c7ccccc7oc6c5c34)c2)c2ccc3c(c2)C2(c4ccccc4-c4ccccc42)c2ccccc2-3)cc1. The number of fused-ring (bicyclic) bond motifs is 17. The molecule has 3 heteroatoms. The van der Waals surface area contributed by atoms with Gasteiger partial charge in [-0.3, -0.25) is 0 Å². The molecule has 0 fully saturated rings. The van der Waals surface area contributed by atoms with Crippen LogP contribution in [-0.4, -0.2) is 0 Å². The van der Waals surface area contributed by atoms with Gasteiger partial charge in [-0.15, -0.1) is 0 Å². The van der Waals surface area contributed by atoms with E-state index in [1.807, 2.05) is 12.1 Å². The lowest BCUT2D eigenvalue weighted by molar-refractivity contribution is 0.663. The van der Waals surface area contributed by atoms with Gasteiger partial charge >= 0.3 is 0 Å². The highest BCUT2D eigenvalue weighted by Crippen LogP contribution is 2.63. The van der Waals surface area contributed by atoms with Crippen molar-refractivity contribution in [1.29, 1.82) is 0 Å². The summed E-state index contributed by atoms with van der Waals surface area (Å²) in [5.41, 5.74) is 18.9. The van der Waals surface area contributed by atoms with Crippen molar-refractivity contribution in [2.24, 2.45) is 0 Å². The van der Waals surface area contributed by atoms with Crippen LogP contribution in [0.25, 0.3) is 77.3 Å². The second kappa shape index (κ2) is 11.7. The molecule has 0 saturated heterocycles. The van der Waals surface area contributed by atoms with Crippen LogP contribution < -0.4 is 4.90 Å². The van der Waals surface area contributed by atoms with Crippen molar-refractivity contribution in [3.8, 4) is 33.4 Å². The molecule has 0 radical (unpaired) electrons. The van der Waals surface area contributed by atoms with Gasteiger partial charge in [-0.25, -0.2) is 0 Å². The van der Waals surface area contributed by atoms with E-state index in [2.05, 4.69) is 193 Å². The fourth-order valence-corrected chi connectivity index (χ4v) is 10.4. The standard InChI is InChI=1S/C55H33NO2/c1-2-15-35(16-3-1)56(37-28-29-42-41-20-6-10-25-47(41)55(48(42)33-37)45-23-8-4-18-39(45)40-19-5-9-24-46(40)55)36-17-12-14-34(32-36)38-22-13-27-50-52(38)53-51(57-50)31-30-44-43-21-7-11-26-49(43)58-54(44)53/h1-33H. The normalized spacial score (nSPS) is 13.3. The second-order valence-electron chi connectivity index (χ2n) is 15.5. The number of hydrogen-bond donors (Lipinski definition) is 0. The molecular formula is C55H33NO2. The van der Waals surface area contributed by atoms with Gasteiger partial charge in [0.2, 0.25) is 0 Å². The highest BCUT2D eigenvalue weighted by molar-refractivity contribution is 6.24. The number of nitrogens with zero attached hydrogens (tertiary/aromatic N) is 1. The Hall–Kier alpha value is -7.62. The van der Waals surface area contributed by atoms with Crippen molar-refractivity contribution in [3.05, 3.63) is 222 Å². The minimum Gasteiger partial charge on any atom is -0.456 e.